The maximum Gasteiger partial charge on any atom is 0.504 e. The molecule has 0 amide bonds. The van der Waals surface area contributed by atoms with E-state index in [0.29, 0.717) is 0 Å². The van der Waals surface area contributed by atoms with E-state index in [2.05, 4.69) is 13.9 Å². The third-order valence-electron chi connectivity index (χ3n) is 3.74. The van der Waals surface area contributed by atoms with Crippen LogP contribution in [0.3, 0.4) is 0 Å². The van der Waals surface area contributed by atoms with E-state index in [1.807, 2.05) is 0 Å². The zero-order valence-corrected chi connectivity index (χ0v) is 19.2. The molecule has 0 aliphatic carbocycles. The predicted octanol–water partition coefficient (Wildman–Crippen LogP) is 6.71. The van der Waals surface area contributed by atoms with Gasteiger partial charge in [0.25, 0.3) is 5.97 Å². The first-order valence-electron chi connectivity index (χ1n) is 9.33. The molecule has 0 unspecified atom stereocenters. The van der Waals surface area contributed by atoms with E-state index in [9.17, 15) is 61.5 Å². The van der Waals surface area contributed by atoms with Crippen molar-refractivity contribution in [3.05, 3.63) is 0 Å². The first kappa shape index (κ1) is 34.0. The van der Waals surface area contributed by atoms with Crippen molar-refractivity contribution in [1.29, 1.82) is 0 Å². The highest BCUT2D eigenvalue weighted by molar-refractivity contribution is 6.60. The van der Waals surface area contributed by atoms with E-state index < -0.39 is 77.4 Å². The van der Waals surface area contributed by atoms with Crippen LogP contribution in [-0.2, 0) is 22.8 Å². The predicted molar refractivity (Wildman–Crippen MR) is 87.7 cm³/mol. The van der Waals surface area contributed by atoms with E-state index in [-0.39, 0.29) is 6.42 Å². The van der Waals surface area contributed by atoms with Gasteiger partial charge < -0.3 is 13.3 Å². The minimum Gasteiger partial charge on any atom is -0.374 e. The van der Waals surface area contributed by atoms with Gasteiger partial charge in [-0.15, -0.1) is 0 Å². The average Bonchev–Trinajstić information content (AvgIpc) is 2.57. The molecule has 0 atom stereocenters. The van der Waals surface area contributed by atoms with Gasteiger partial charge in [0.15, 0.2) is 0 Å². The lowest BCUT2D eigenvalue weighted by atomic mass is 10.2. The standard InChI is InChI=1S/C15H20F14O5Si/c1-5-8-35(30-6-2,31-7-3)34-9(4,32-10(16,12(18,19)20)13(21,22)23)33-11(17,14(24,25)26)15(27,28)29/h5-8H2,1-4H3. The van der Waals surface area contributed by atoms with Crippen LogP contribution in [0.5, 0.6) is 0 Å². The fraction of sp³-hybridized carbons (Fsp3) is 1.00. The molecule has 0 aromatic heterocycles. The molecule has 0 aliphatic rings. The number of alkyl halides is 14. The molecule has 0 spiro atoms. The van der Waals surface area contributed by atoms with E-state index >= 15 is 0 Å². The van der Waals surface area contributed by atoms with Crippen molar-refractivity contribution in [2.24, 2.45) is 0 Å². The first-order valence-corrected chi connectivity index (χ1v) is 11.3. The summed E-state index contributed by atoms with van der Waals surface area (Å²) in [7, 11) is -4.92. The van der Waals surface area contributed by atoms with Gasteiger partial charge in [0.1, 0.15) is 0 Å². The zero-order chi connectivity index (χ0) is 28.4. The normalized spacial score (nSPS) is 15.6. The summed E-state index contributed by atoms with van der Waals surface area (Å²) in [6.07, 6.45) is -28.9. The molecule has 0 heterocycles. The highest BCUT2D eigenvalue weighted by atomic mass is 28.4. The topological polar surface area (TPSA) is 46.2 Å². The van der Waals surface area contributed by atoms with Crippen LogP contribution in [0.2, 0.25) is 6.04 Å². The Kier molecular flexibility index (Phi) is 10.5. The Balaban J connectivity index is 7.15. The molecule has 212 valence electrons. The maximum atomic E-state index is 14.2. The average molecular weight is 574 g/mol. The van der Waals surface area contributed by atoms with Gasteiger partial charge in [0.2, 0.25) is 0 Å². The number of hydrogen-bond donors (Lipinski definition) is 0. The van der Waals surface area contributed by atoms with Crippen LogP contribution >= 0.6 is 0 Å². The molecular weight excluding hydrogens is 554 g/mol. The van der Waals surface area contributed by atoms with E-state index in [1.54, 1.807) is 0 Å². The number of halogens is 14. The molecule has 35 heavy (non-hydrogen) atoms. The largest absolute Gasteiger partial charge is 0.504 e. The Bertz CT molecular complexity index is 590. The third-order valence-corrected chi connectivity index (χ3v) is 6.99. The van der Waals surface area contributed by atoms with Crippen LogP contribution in [-0.4, -0.2) is 64.4 Å². The smallest absolute Gasteiger partial charge is 0.374 e. The van der Waals surface area contributed by atoms with Gasteiger partial charge in [-0.05, 0) is 13.8 Å². The lowest BCUT2D eigenvalue weighted by molar-refractivity contribution is -0.553. The number of ether oxygens (including phenoxy) is 2. The van der Waals surface area contributed by atoms with Gasteiger partial charge in [0, 0.05) is 26.2 Å². The van der Waals surface area contributed by atoms with Crippen LogP contribution in [0, 0.1) is 0 Å². The van der Waals surface area contributed by atoms with Crippen LogP contribution < -0.4 is 0 Å². The SMILES string of the molecule is CCC[Si](OCC)(OCC)OC(C)(OC(F)(C(F)(F)F)C(F)(F)F)OC(F)(C(F)(F)F)C(F)(F)F. The highest BCUT2D eigenvalue weighted by Gasteiger charge is 2.81. The van der Waals surface area contributed by atoms with Crippen molar-refractivity contribution in [2.45, 2.75) is 82.5 Å². The second kappa shape index (κ2) is 10.8. The molecular formula is C15H20F14O5Si. The summed E-state index contributed by atoms with van der Waals surface area (Å²) in [6.45, 7) is 1.81. The van der Waals surface area contributed by atoms with Gasteiger partial charge in [-0.2, -0.15) is 61.5 Å². The van der Waals surface area contributed by atoms with E-state index in [0.717, 1.165) is 13.8 Å². The lowest BCUT2D eigenvalue weighted by Crippen LogP contribution is -2.67. The number of rotatable bonds is 12. The Morgan fingerprint density at radius 3 is 1.03 bits per heavy atom. The van der Waals surface area contributed by atoms with Crippen molar-refractivity contribution in [2.75, 3.05) is 13.2 Å². The third kappa shape index (κ3) is 7.52. The second-order valence-corrected chi connectivity index (χ2v) is 9.30. The Hall–Kier alpha value is -0.963. The summed E-state index contributed by atoms with van der Waals surface area (Å²) in [5.41, 5.74) is 0. The molecule has 5 nitrogen and oxygen atoms in total. The summed E-state index contributed by atoms with van der Waals surface area (Å²) in [5, 5.41) is 0. The Morgan fingerprint density at radius 1 is 0.543 bits per heavy atom. The molecule has 0 bridgehead atoms. The Labute approximate surface area is 189 Å². The quantitative estimate of drug-likeness (QED) is 0.147. The fourth-order valence-electron chi connectivity index (χ4n) is 2.45. The van der Waals surface area contributed by atoms with Gasteiger partial charge in [-0.3, -0.25) is 9.47 Å². The highest BCUT2D eigenvalue weighted by Crippen LogP contribution is 2.54. The van der Waals surface area contributed by atoms with E-state index in [1.165, 1.54) is 6.92 Å². The van der Waals surface area contributed by atoms with Gasteiger partial charge in [-0.25, -0.2) is 0 Å². The maximum absolute atomic E-state index is 14.2. The van der Waals surface area contributed by atoms with Crippen molar-refractivity contribution < 1.29 is 84.2 Å². The van der Waals surface area contributed by atoms with Crippen molar-refractivity contribution in [1.82, 2.24) is 0 Å². The molecule has 20 heteroatoms. The monoisotopic (exact) mass is 574 g/mol. The van der Waals surface area contributed by atoms with Gasteiger partial charge >= 0.3 is 45.2 Å². The lowest BCUT2D eigenvalue weighted by Gasteiger charge is -2.44. The summed E-state index contributed by atoms with van der Waals surface area (Å²) in [6, 6.07) is -0.675. The van der Waals surface area contributed by atoms with Crippen LogP contribution in [0.15, 0.2) is 0 Å². The molecule has 0 saturated carbocycles. The molecule has 0 aromatic rings. The van der Waals surface area contributed by atoms with Gasteiger partial charge in [-0.1, -0.05) is 13.3 Å². The second-order valence-electron chi connectivity index (χ2n) is 6.65. The van der Waals surface area contributed by atoms with Crippen LogP contribution in [0.1, 0.15) is 34.1 Å². The van der Waals surface area contributed by atoms with Crippen molar-refractivity contribution in [3.63, 3.8) is 0 Å². The molecule has 0 N–H and O–H groups in total. The summed E-state index contributed by atoms with van der Waals surface area (Å²) in [5.74, 6) is -19.0. The van der Waals surface area contributed by atoms with E-state index in [4.69, 9.17) is 8.85 Å². The van der Waals surface area contributed by atoms with Gasteiger partial charge in [0.05, 0.1) is 0 Å². The first-order chi connectivity index (χ1) is 15.3. The zero-order valence-electron chi connectivity index (χ0n) is 18.2. The summed E-state index contributed by atoms with van der Waals surface area (Å²) < 4.78 is 205. The Morgan fingerprint density at radius 2 is 0.829 bits per heavy atom. The van der Waals surface area contributed by atoms with Crippen molar-refractivity contribution in [3.8, 4) is 0 Å². The molecule has 0 radical (unpaired) electrons. The number of hydrogen-bond acceptors (Lipinski definition) is 5. The molecule has 0 aromatic carbocycles. The van der Waals surface area contributed by atoms with Crippen molar-refractivity contribution >= 4 is 8.80 Å². The minimum absolute atomic E-state index is 0.194. The summed E-state index contributed by atoms with van der Waals surface area (Å²) >= 11 is 0. The fourth-order valence-corrected chi connectivity index (χ4v) is 5.18. The van der Waals surface area contributed by atoms with Crippen LogP contribution in [0.4, 0.5) is 61.5 Å². The molecule has 0 fully saturated rings. The summed E-state index contributed by atoms with van der Waals surface area (Å²) in [4.78, 5) is 0. The molecule has 0 saturated heterocycles. The minimum atomic E-state index is -7.18. The molecule has 0 rings (SSSR count). The van der Waals surface area contributed by atoms with Crippen LogP contribution in [0.25, 0.3) is 0 Å². The molecule has 0 aliphatic heterocycles.